The summed E-state index contributed by atoms with van der Waals surface area (Å²) in [5.74, 6) is 0. The summed E-state index contributed by atoms with van der Waals surface area (Å²) >= 11 is 0. The van der Waals surface area contributed by atoms with Gasteiger partial charge >= 0.3 is 0 Å². The van der Waals surface area contributed by atoms with Crippen LogP contribution in [-0.2, 0) is 0 Å². The van der Waals surface area contributed by atoms with Gasteiger partial charge in [0.1, 0.15) is 0 Å². The molecule has 0 aliphatic heterocycles. The highest BCUT2D eigenvalue weighted by molar-refractivity contribution is 6.11. The molecule has 0 saturated heterocycles. The Morgan fingerprint density at radius 1 is 0.538 bits per heavy atom. The summed E-state index contributed by atoms with van der Waals surface area (Å²) in [4.78, 5) is 9.06. The number of aromatic nitrogens is 3. The van der Waals surface area contributed by atoms with Gasteiger partial charge in [0.25, 0.3) is 0 Å². The van der Waals surface area contributed by atoms with E-state index in [1.807, 2.05) is 24.4 Å². The number of hydrogen-bond donors (Lipinski definition) is 0. The standard InChI is InChI=1S/C35H22N4/c36-22-24-17-18-37-33(19-24)32-14-11-28(23-38-32)27-13-16-35-31(21-27)30-20-26(25-7-3-1-4-8-25)12-15-34(30)39(35)29-9-5-2-6-10-29/h1-21,23H. The van der Waals surface area contributed by atoms with Gasteiger partial charge in [0.05, 0.1) is 34.1 Å². The molecule has 182 valence electrons. The average molecular weight is 499 g/mol. The van der Waals surface area contributed by atoms with Gasteiger partial charge in [-0.15, -0.1) is 0 Å². The normalized spacial score (nSPS) is 11.1. The highest BCUT2D eigenvalue weighted by Gasteiger charge is 2.15. The second-order valence-corrected chi connectivity index (χ2v) is 9.47. The molecule has 4 heteroatoms. The van der Waals surface area contributed by atoms with Gasteiger partial charge in [-0.1, -0.05) is 66.7 Å². The molecule has 7 rings (SSSR count). The summed E-state index contributed by atoms with van der Waals surface area (Å²) < 4.78 is 2.33. The average Bonchev–Trinajstić information content (AvgIpc) is 3.35. The molecule has 0 unspecified atom stereocenters. The van der Waals surface area contributed by atoms with Crippen LogP contribution < -0.4 is 0 Å². The van der Waals surface area contributed by atoms with E-state index in [0.717, 1.165) is 28.0 Å². The third-order valence-electron chi connectivity index (χ3n) is 7.13. The van der Waals surface area contributed by atoms with E-state index in [2.05, 4.69) is 112 Å². The minimum atomic E-state index is 0.570. The van der Waals surface area contributed by atoms with Gasteiger partial charge in [0.2, 0.25) is 0 Å². The lowest BCUT2D eigenvalue weighted by atomic mass is 10.0. The molecule has 0 fully saturated rings. The molecule has 3 aromatic heterocycles. The Labute approximate surface area is 226 Å². The molecule has 0 aliphatic rings. The van der Waals surface area contributed by atoms with Gasteiger partial charge in [0, 0.05) is 34.4 Å². The highest BCUT2D eigenvalue weighted by Crippen LogP contribution is 2.37. The first-order valence-corrected chi connectivity index (χ1v) is 12.8. The second kappa shape index (κ2) is 9.41. The first-order valence-electron chi connectivity index (χ1n) is 12.8. The van der Waals surface area contributed by atoms with Crippen LogP contribution in [0.2, 0.25) is 0 Å². The van der Waals surface area contributed by atoms with Gasteiger partial charge in [-0.2, -0.15) is 5.26 Å². The van der Waals surface area contributed by atoms with Crippen molar-refractivity contribution in [1.82, 2.24) is 14.5 Å². The SMILES string of the molecule is N#Cc1ccnc(-c2ccc(-c3ccc4c(c3)c3cc(-c5ccccc5)ccc3n4-c3ccccc3)cn2)c1. The largest absolute Gasteiger partial charge is 0.309 e. The topological polar surface area (TPSA) is 54.5 Å². The summed E-state index contributed by atoms with van der Waals surface area (Å²) in [6.07, 6.45) is 3.52. The van der Waals surface area contributed by atoms with Gasteiger partial charge in [-0.05, 0) is 71.3 Å². The van der Waals surface area contributed by atoms with E-state index in [9.17, 15) is 5.26 Å². The van der Waals surface area contributed by atoms with E-state index >= 15 is 0 Å². The predicted molar refractivity (Wildman–Crippen MR) is 157 cm³/mol. The van der Waals surface area contributed by atoms with Crippen LogP contribution in [0.15, 0.2) is 134 Å². The zero-order valence-corrected chi connectivity index (χ0v) is 21.0. The highest BCUT2D eigenvalue weighted by atomic mass is 15.0. The molecule has 0 atom stereocenters. The number of fused-ring (bicyclic) bond motifs is 3. The Kier molecular flexibility index (Phi) is 5.46. The number of rotatable bonds is 4. The fourth-order valence-corrected chi connectivity index (χ4v) is 5.22. The predicted octanol–water partition coefficient (Wildman–Crippen LogP) is 8.45. The molecular weight excluding hydrogens is 476 g/mol. The second-order valence-electron chi connectivity index (χ2n) is 9.47. The van der Waals surface area contributed by atoms with Crippen LogP contribution in [0.1, 0.15) is 5.56 Å². The van der Waals surface area contributed by atoms with E-state index in [-0.39, 0.29) is 0 Å². The van der Waals surface area contributed by atoms with Crippen LogP contribution in [0, 0.1) is 11.3 Å². The number of benzene rings is 4. The van der Waals surface area contributed by atoms with Crippen LogP contribution in [0.3, 0.4) is 0 Å². The van der Waals surface area contributed by atoms with E-state index in [1.165, 1.54) is 27.4 Å². The molecule has 39 heavy (non-hydrogen) atoms. The van der Waals surface area contributed by atoms with Crippen molar-refractivity contribution in [2.75, 3.05) is 0 Å². The van der Waals surface area contributed by atoms with Crippen LogP contribution in [0.5, 0.6) is 0 Å². The molecule has 0 spiro atoms. The summed E-state index contributed by atoms with van der Waals surface area (Å²) in [5, 5.41) is 11.6. The third kappa shape index (κ3) is 4.03. The molecule has 3 heterocycles. The minimum Gasteiger partial charge on any atom is -0.309 e. The first-order chi connectivity index (χ1) is 19.3. The summed E-state index contributed by atoms with van der Waals surface area (Å²) in [6, 6.07) is 44.0. The Bertz CT molecular complexity index is 2000. The first kappa shape index (κ1) is 22.7. The lowest BCUT2D eigenvalue weighted by Crippen LogP contribution is -1.93. The zero-order valence-electron chi connectivity index (χ0n) is 21.0. The minimum absolute atomic E-state index is 0.570. The molecule has 0 amide bonds. The van der Waals surface area contributed by atoms with Crippen molar-refractivity contribution in [3.05, 3.63) is 139 Å². The maximum absolute atomic E-state index is 9.22. The number of hydrogen-bond acceptors (Lipinski definition) is 3. The quantitative estimate of drug-likeness (QED) is 0.245. The third-order valence-corrected chi connectivity index (χ3v) is 7.13. The molecule has 0 bridgehead atoms. The molecule has 4 aromatic carbocycles. The van der Waals surface area contributed by atoms with E-state index in [1.54, 1.807) is 18.3 Å². The monoisotopic (exact) mass is 498 g/mol. The van der Waals surface area contributed by atoms with E-state index < -0.39 is 0 Å². The molecular formula is C35H22N4. The van der Waals surface area contributed by atoms with Crippen LogP contribution in [-0.4, -0.2) is 14.5 Å². The molecule has 0 aliphatic carbocycles. The number of nitrogens with zero attached hydrogens (tertiary/aromatic N) is 4. The molecule has 0 radical (unpaired) electrons. The van der Waals surface area contributed by atoms with Crippen molar-refractivity contribution in [1.29, 1.82) is 5.26 Å². The summed E-state index contributed by atoms with van der Waals surface area (Å²) in [5.41, 5.74) is 9.98. The van der Waals surface area contributed by atoms with Crippen molar-refractivity contribution in [2.24, 2.45) is 0 Å². The number of pyridine rings is 2. The van der Waals surface area contributed by atoms with Crippen molar-refractivity contribution in [3.8, 4) is 45.4 Å². The Morgan fingerprint density at radius 2 is 1.18 bits per heavy atom. The van der Waals surface area contributed by atoms with Crippen molar-refractivity contribution in [3.63, 3.8) is 0 Å². The number of para-hydroxylation sites is 1. The van der Waals surface area contributed by atoms with E-state index in [4.69, 9.17) is 0 Å². The zero-order chi connectivity index (χ0) is 26.2. The maximum atomic E-state index is 9.22. The molecule has 4 nitrogen and oxygen atoms in total. The fraction of sp³-hybridized carbons (Fsp3) is 0. The van der Waals surface area contributed by atoms with Crippen LogP contribution in [0.4, 0.5) is 0 Å². The van der Waals surface area contributed by atoms with Crippen LogP contribution >= 0.6 is 0 Å². The lowest BCUT2D eigenvalue weighted by Gasteiger charge is -2.08. The lowest BCUT2D eigenvalue weighted by molar-refractivity contribution is 1.18. The summed E-state index contributed by atoms with van der Waals surface area (Å²) in [6.45, 7) is 0. The van der Waals surface area contributed by atoms with Crippen LogP contribution in [0.25, 0.3) is 61.1 Å². The maximum Gasteiger partial charge on any atom is 0.0992 e. The Balaban J connectivity index is 1.39. The van der Waals surface area contributed by atoms with Crippen molar-refractivity contribution < 1.29 is 0 Å². The fourth-order valence-electron chi connectivity index (χ4n) is 5.22. The van der Waals surface area contributed by atoms with Crippen molar-refractivity contribution >= 4 is 21.8 Å². The van der Waals surface area contributed by atoms with Crippen molar-refractivity contribution in [2.45, 2.75) is 0 Å². The van der Waals surface area contributed by atoms with Gasteiger partial charge in [0.15, 0.2) is 0 Å². The van der Waals surface area contributed by atoms with Gasteiger partial charge in [-0.25, -0.2) is 0 Å². The molecule has 7 aromatic rings. The molecule has 0 saturated carbocycles. The van der Waals surface area contributed by atoms with Gasteiger partial charge in [-0.3, -0.25) is 9.97 Å². The smallest absolute Gasteiger partial charge is 0.0992 e. The molecule has 0 N–H and O–H groups in total. The number of nitriles is 1. The van der Waals surface area contributed by atoms with E-state index in [0.29, 0.717) is 11.3 Å². The Morgan fingerprint density at radius 3 is 1.82 bits per heavy atom. The van der Waals surface area contributed by atoms with Gasteiger partial charge < -0.3 is 4.57 Å². The summed E-state index contributed by atoms with van der Waals surface area (Å²) in [7, 11) is 0. The Hall–Kier alpha value is -5.53.